The number of hydrogen-bond acceptors (Lipinski definition) is 1. The predicted octanol–water partition coefficient (Wildman–Crippen LogP) is 8.04. The third kappa shape index (κ3) is 3.45. The Morgan fingerprint density at radius 1 is 0.667 bits per heavy atom. The molecule has 1 N–H and O–H groups in total. The second kappa shape index (κ2) is 7.38. The zero-order chi connectivity index (χ0) is 18.4. The van der Waals surface area contributed by atoms with Gasteiger partial charge in [-0.2, -0.15) is 0 Å². The van der Waals surface area contributed by atoms with Crippen molar-refractivity contribution in [3.05, 3.63) is 65.5 Å². The first-order valence-electron chi connectivity index (χ1n) is 6.31. The highest BCUT2D eigenvalue weighted by atomic mass is 35.5. The molecule has 0 heterocycles. The van der Waals surface area contributed by atoms with E-state index >= 15 is 0 Å². The molecular weight excluding hydrogens is 480 g/mol. The first-order chi connectivity index (χ1) is 10.9. The summed E-state index contributed by atoms with van der Waals surface area (Å²) in [5.41, 5.74) is -0.870. The van der Waals surface area contributed by atoms with Crippen LogP contribution in [0.4, 0.5) is 0 Å². The van der Waals surface area contributed by atoms with Crippen LogP contribution in [0.3, 0.4) is 0 Å². The van der Waals surface area contributed by atoms with E-state index in [4.69, 9.17) is 92.8 Å². The summed E-state index contributed by atoms with van der Waals surface area (Å²) in [6, 6.07) is 6.11. The molecule has 0 fully saturated rings. The number of rotatable bonds is 3. The minimum atomic E-state index is -2.31. The Hall–Kier alpha value is 0.720. The molecule has 2 aromatic carbocycles. The van der Waals surface area contributed by atoms with Crippen molar-refractivity contribution in [3.8, 4) is 0 Å². The third-order valence-electron chi connectivity index (χ3n) is 3.75. The van der Waals surface area contributed by atoms with E-state index in [0.29, 0.717) is 11.1 Å². The first kappa shape index (κ1) is 21.0. The minimum Gasteiger partial charge on any atom is -0.362 e. The second-order valence-corrected chi connectivity index (χ2v) is 8.73. The molecule has 2 aromatic rings. The molecule has 1 nitrogen and oxygen atoms in total. The molecular formula is C15H8Cl8O. The van der Waals surface area contributed by atoms with Crippen molar-refractivity contribution in [2.45, 2.75) is 16.9 Å². The molecule has 0 spiro atoms. The first-order valence-corrected chi connectivity index (χ1v) is 9.33. The molecule has 0 aliphatic carbocycles. The molecule has 9 heteroatoms. The van der Waals surface area contributed by atoms with Crippen LogP contribution in [0.5, 0.6) is 0 Å². The van der Waals surface area contributed by atoms with Gasteiger partial charge in [-0.1, -0.05) is 105 Å². The van der Waals surface area contributed by atoms with Crippen molar-refractivity contribution >= 4 is 92.8 Å². The van der Waals surface area contributed by atoms with Crippen LogP contribution in [-0.4, -0.2) is 9.63 Å². The van der Waals surface area contributed by atoms with Gasteiger partial charge in [0.25, 0.3) is 0 Å². The van der Waals surface area contributed by atoms with Gasteiger partial charge >= 0.3 is 0 Å². The number of benzene rings is 2. The average Bonchev–Trinajstić information content (AvgIpc) is 2.49. The molecule has 0 radical (unpaired) electrons. The summed E-state index contributed by atoms with van der Waals surface area (Å²) < 4.78 is -2.31. The standard InChI is InChI=1S/C15H8Cl8O/c1-14(15(22,23)24,6-2-4-8(16)12(20)10(6)18)7-3-5-9(17)13(21)11(7)19/h2-5,24H,1H3. The van der Waals surface area contributed by atoms with Crippen LogP contribution < -0.4 is 0 Å². The topological polar surface area (TPSA) is 20.2 Å². The molecule has 0 saturated heterocycles. The average molecular weight is 488 g/mol. The lowest BCUT2D eigenvalue weighted by Crippen LogP contribution is -2.42. The summed E-state index contributed by atoms with van der Waals surface area (Å²) in [6.07, 6.45) is 0. The summed E-state index contributed by atoms with van der Waals surface area (Å²) >= 11 is 49.0. The largest absolute Gasteiger partial charge is 0.362 e. The summed E-state index contributed by atoms with van der Waals surface area (Å²) in [5.74, 6) is 0. The van der Waals surface area contributed by atoms with Gasteiger partial charge in [0.15, 0.2) is 0 Å². The zero-order valence-corrected chi connectivity index (χ0v) is 17.8. The smallest absolute Gasteiger partial charge is 0.228 e. The van der Waals surface area contributed by atoms with Crippen LogP contribution >= 0.6 is 92.8 Å². The lowest BCUT2D eigenvalue weighted by molar-refractivity contribution is 0.147. The number of hydrogen-bond donors (Lipinski definition) is 1. The zero-order valence-electron chi connectivity index (χ0n) is 11.8. The highest BCUT2D eigenvalue weighted by Crippen LogP contribution is 2.53. The van der Waals surface area contributed by atoms with Gasteiger partial charge in [0.2, 0.25) is 4.52 Å². The molecule has 2 rings (SSSR count). The maximum atomic E-state index is 10.5. The van der Waals surface area contributed by atoms with Gasteiger partial charge in [-0.25, -0.2) is 0 Å². The van der Waals surface area contributed by atoms with Gasteiger partial charge in [-0.15, -0.1) is 0 Å². The highest BCUT2D eigenvalue weighted by molar-refractivity contribution is 6.51. The van der Waals surface area contributed by atoms with Crippen LogP contribution in [0.2, 0.25) is 30.1 Å². The molecule has 0 aliphatic rings. The van der Waals surface area contributed by atoms with Crippen LogP contribution in [-0.2, 0) is 5.41 Å². The van der Waals surface area contributed by atoms with E-state index in [0.717, 1.165) is 0 Å². The lowest BCUT2D eigenvalue weighted by atomic mass is 9.76. The Balaban J connectivity index is 2.89. The van der Waals surface area contributed by atoms with Crippen molar-refractivity contribution in [3.63, 3.8) is 0 Å². The van der Waals surface area contributed by atoms with E-state index in [1.807, 2.05) is 0 Å². The maximum Gasteiger partial charge on any atom is 0.228 e. The molecule has 24 heavy (non-hydrogen) atoms. The second-order valence-electron chi connectivity index (χ2n) is 5.11. The SMILES string of the molecule is CC(c1ccc(Cl)c(Cl)c1Cl)(c1ccc(Cl)c(Cl)c1Cl)C(O)(Cl)Cl. The quantitative estimate of drug-likeness (QED) is 0.343. The molecule has 0 saturated carbocycles. The Morgan fingerprint density at radius 3 is 1.29 bits per heavy atom. The minimum absolute atomic E-state index is 0.0773. The van der Waals surface area contributed by atoms with Gasteiger partial charge in [0.05, 0.1) is 35.6 Å². The molecule has 0 amide bonds. The summed E-state index contributed by atoms with van der Waals surface area (Å²) in [4.78, 5) is 0. The van der Waals surface area contributed by atoms with Crippen molar-refractivity contribution in [2.75, 3.05) is 0 Å². The normalized spacial score (nSPS) is 12.6. The fourth-order valence-electron chi connectivity index (χ4n) is 2.29. The van der Waals surface area contributed by atoms with Crippen molar-refractivity contribution in [2.24, 2.45) is 0 Å². The number of halogens is 8. The fourth-order valence-corrected chi connectivity index (χ4v) is 4.15. The van der Waals surface area contributed by atoms with Gasteiger partial charge in [0.1, 0.15) is 0 Å². The highest BCUT2D eigenvalue weighted by Gasteiger charge is 2.50. The van der Waals surface area contributed by atoms with Crippen molar-refractivity contribution in [1.82, 2.24) is 0 Å². The lowest BCUT2D eigenvalue weighted by Gasteiger charge is -2.39. The fraction of sp³-hybridized carbons (Fsp3) is 0.200. The molecule has 130 valence electrons. The van der Waals surface area contributed by atoms with Gasteiger partial charge in [-0.3, -0.25) is 0 Å². The maximum absolute atomic E-state index is 10.5. The number of alkyl halides is 2. The summed E-state index contributed by atoms with van der Waals surface area (Å²) in [6.45, 7) is 1.55. The van der Waals surface area contributed by atoms with E-state index in [9.17, 15) is 5.11 Å². The molecule has 0 aromatic heterocycles. The summed E-state index contributed by atoms with van der Waals surface area (Å²) in [5, 5.41) is 11.3. The Bertz CT molecular complexity index is 740. The van der Waals surface area contributed by atoms with E-state index in [-0.39, 0.29) is 30.1 Å². The third-order valence-corrected chi connectivity index (χ3v) is 7.09. The van der Waals surface area contributed by atoms with Crippen LogP contribution in [0, 0.1) is 0 Å². The van der Waals surface area contributed by atoms with Gasteiger partial charge in [0, 0.05) is 0 Å². The molecule has 0 atom stereocenters. The van der Waals surface area contributed by atoms with E-state index in [1.165, 1.54) is 12.1 Å². The monoisotopic (exact) mass is 484 g/mol. The Morgan fingerprint density at radius 2 is 1.00 bits per heavy atom. The van der Waals surface area contributed by atoms with E-state index in [1.54, 1.807) is 19.1 Å². The van der Waals surface area contributed by atoms with Gasteiger partial charge < -0.3 is 5.11 Å². The van der Waals surface area contributed by atoms with Crippen LogP contribution in [0.1, 0.15) is 18.1 Å². The predicted molar refractivity (Wildman–Crippen MR) is 106 cm³/mol. The number of aliphatic hydroxyl groups is 1. The van der Waals surface area contributed by atoms with Crippen molar-refractivity contribution < 1.29 is 5.11 Å². The van der Waals surface area contributed by atoms with E-state index in [2.05, 4.69) is 0 Å². The van der Waals surface area contributed by atoms with Crippen LogP contribution in [0.25, 0.3) is 0 Å². The van der Waals surface area contributed by atoms with Crippen LogP contribution in [0.15, 0.2) is 24.3 Å². The van der Waals surface area contributed by atoms with Crippen molar-refractivity contribution in [1.29, 1.82) is 0 Å². The van der Waals surface area contributed by atoms with E-state index < -0.39 is 9.93 Å². The Kier molecular flexibility index (Phi) is 6.47. The summed E-state index contributed by atoms with van der Waals surface area (Å²) in [7, 11) is 0. The molecule has 0 aliphatic heterocycles. The molecule has 0 bridgehead atoms. The van der Waals surface area contributed by atoms with Gasteiger partial charge in [-0.05, 0) is 30.2 Å². The Labute approximate surface area is 179 Å². The molecule has 0 unspecified atom stereocenters.